The Balaban J connectivity index is 1.67. The molecule has 3 aromatic rings. The topological polar surface area (TPSA) is 68.5 Å². The Morgan fingerprint density at radius 2 is 1.77 bits per heavy atom. The van der Waals surface area contributed by atoms with Gasteiger partial charge in [0, 0.05) is 25.7 Å². The van der Waals surface area contributed by atoms with Crippen molar-refractivity contribution in [1.82, 2.24) is 19.5 Å². The molecule has 2 aliphatic rings. The number of anilines is 2. The van der Waals surface area contributed by atoms with E-state index in [1.807, 2.05) is 30.3 Å². The van der Waals surface area contributed by atoms with Crippen molar-refractivity contribution in [2.24, 2.45) is 0 Å². The fraction of sp³-hybridized carbons (Fsp3) is 0.500. The van der Waals surface area contributed by atoms with Gasteiger partial charge < -0.3 is 19.3 Å². The summed E-state index contributed by atoms with van der Waals surface area (Å²) in [6, 6.07) is 9.80. The average Bonchev–Trinajstić information content (AvgIpc) is 3.20. The Labute approximate surface area is 180 Å². The van der Waals surface area contributed by atoms with Crippen LogP contribution in [-0.4, -0.2) is 71.1 Å². The van der Waals surface area contributed by atoms with E-state index in [0.29, 0.717) is 31.6 Å². The lowest BCUT2D eigenvalue weighted by Gasteiger charge is -2.39. The molecule has 164 valence electrons. The van der Waals surface area contributed by atoms with Gasteiger partial charge in [0.25, 0.3) is 0 Å². The summed E-state index contributed by atoms with van der Waals surface area (Å²) in [5.74, 6) is 2.37. The molecule has 0 saturated carbocycles. The lowest BCUT2D eigenvalue weighted by atomic mass is 10.1. The summed E-state index contributed by atoms with van der Waals surface area (Å²) in [7, 11) is 0. The van der Waals surface area contributed by atoms with E-state index in [1.165, 1.54) is 0 Å². The second-order valence-electron chi connectivity index (χ2n) is 7.98. The molecule has 2 fully saturated rings. The normalized spacial score (nSPS) is 22.3. The second kappa shape index (κ2) is 8.39. The van der Waals surface area contributed by atoms with E-state index < -0.39 is 6.67 Å². The van der Waals surface area contributed by atoms with Crippen LogP contribution in [0.3, 0.4) is 0 Å². The van der Waals surface area contributed by atoms with E-state index in [-0.39, 0.29) is 12.1 Å². The van der Waals surface area contributed by atoms with Crippen LogP contribution in [0.2, 0.25) is 0 Å². The van der Waals surface area contributed by atoms with E-state index >= 15 is 0 Å². The maximum atomic E-state index is 13.9. The maximum Gasteiger partial charge on any atom is 0.239 e. The number of halogens is 1. The van der Waals surface area contributed by atoms with E-state index in [9.17, 15) is 4.39 Å². The minimum atomic E-state index is -0.694. The minimum absolute atomic E-state index is 0.0921. The van der Waals surface area contributed by atoms with Gasteiger partial charge >= 0.3 is 0 Å². The number of hydrogen-bond donors (Lipinski definition) is 0. The van der Waals surface area contributed by atoms with Crippen LogP contribution in [-0.2, 0) is 16.1 Å². The summed E-state index contributed by atoms with van der Waals surface area (Å²) in [4.78, 5) is 18.7. The summed E-state index contributed by atoms with van der Waals surface area (Å²) in [5, 5.41) is 0. The third kappa shape index (κ3) is 3.72. The molecule has 0 unspecified atom stereocenters. The van der Waals surface area contributed by atoms with Crippen molar-refractivity contribution >= 4 is 22.7 Å². The van der Waals surface area contributed by atoms with Crippen molar-refractivity contribution in [3.63, 3.8) is 0 Å². The Morgan fingerprint density at radius 3 is 2.58 bits per heavy atom. The maximum absolute atomic E-state index is 13.9. The Bertz CT molecular complexity index is 1070. The Morgan fingerprint density at radius 1 is 1.00 bits per heavy atom. The molecule has 0 radical (unpaired) electrons. The highest BCUT2D eigenvalue weighted by molar-refractivity contribution is 5.77. The zero-order valence-corrected chi connectivity index (χ0v) is 17.9. The smallest absolute Gasteiger partial charge is 0.239 e. The van der Waals surface area contributed by atoms with Crippen LogP contribution in [0.4, 0.5) is 16.0 Å². The molecule has 8 nitrogen and oxygen atoms in total. The number of aromatic nitrogens is 4. The largest absolute Gasteiger partial charge is 0.378 e. The lowest BCUT2D eigenvalue weighted by Crippen LogP contribution is -2.49. The monoisotopic (exact) mass is 426 g/mol. The zero-order chi connectivity index (χ0) is 21.4. The van der Waals surface area contributed by atoms with Gasteiger partial charge in [0.2, 0.25) is 5.95 Å². The van der Waals surface area contributed by atoms with E-state index in [4.69, 9.17) is 19.4 Å². The van der Waals surface area contributed by atoms with Gasteiger partial charge in [-0.05, 0) is 26.0 Å². The number of nitrogens with zero attached hydrogens (tertiary/aromatic N) is 6. The van der Waals surface area contributed by atoms with Gasteiger partial charge in [-0.15, -0.1) is 0 Å². The quantitative estimate of drug-likeness (QED) is 0.635. The molecule has 0 aliphatic carbocycles. The average molecular weight is 426 g/mol. The second-order valence-corrected chi connectivity index (χ2v) is 7.98. The molecule has 1 aromatic carbocycles. The van der Waals surface area contributed by atoms with E-state index in [0.717, 1.165) is 42.3 Å². The van der Waals surface area contributed by atoms with Crippen LogP contribution in [0.25, 0.3) is 17.0 Å². The van der Waals surface area contributed by atoms with Crippen LogP contribution in [0.15, 0.2) is 30.3 Å². The predicted molar refractivity (Wildman–Crippen MR) is 117 cm³/mol. The molecule has 0 bridgehead atoms. The molecule has 4 heterocycles. The van der Waals surface area contributed by atoms with Crippen molar-refractivity contribution < 1.29 is 13.9 Å². The third-order valence-electron chi connectivity index (χ3n) is 6.15. The molecule has 2 saturated heterocycles. The van der Waals surface area contributed by atoms with Crippen molar-refractivity contribution in [2.75, 3.05) is 49.3 Å². The number of hydrogen-bond acceptors (Lipinski definition) is 7. The van der Waals surface area contributed by atoms with Crippen LogP contribution >= 0.6 is 0 Å². The van der Waals surface area contributed by atoms with Gasteiger partial charge in [0.1, 0.15) is 24.1 Å². The number of alkyl halides is 1. The zero-order valence-electron chi connectivity index (χ0n) is 17.9. The molecule has 0 N–H and O–H groups in total. The first-order chi connectivity index (χ1) is 15.2. The summed E-state index contributed by atoms with van der Waals surface area (Å²) >= 11 is 0. The molecule has 2 atom stereocenters. The molecule has 31 heavy (non-hydrogen) atoms. The van der Waals surface area contributed by atoms with Gasteiger partial charge in [-0.2, -0.15) is 9.97 Å². The minimum Gasteiger partial charge on any atom is -0.378 e. The van der Waals surface area contributed by atoms with Gasteiger partial charge in [0.15, 0.2) is 0 Å². The van der Waals surface area contributed by atoms with Crippen LogP contribution < -0.4 is 9.80 Å². The molecule has 5 rings (SSSR count). The van der Waals surface area contributed by atoms with Crippen LogP contribution in [0.1, 0.15) is 19.7 Å². The van der Waals surface area contributed by atoms with Gasteiger partial charge in [0.05, 0.1) is 43.0 Å². The molecule has 2 aromatic heterocycles. The summed E-state index contributed by atoms with van der Waals surface area (Å²) in [6.07, 6.45) is 0.0921. The predicted octanol–water partition coefficient (Wildman–Crippen LogP) is 2.74. The SMILES string of the molecule is C[C@@H]1OCCN(c2cc(N3CCOCC3)nc(-n3c(CF)nc4ccccc43)n2)[C@@H]1C. The molecule has 2 aliphatic heterocycles. The van der Waals surface area contributed by atoms with Crippen molar-refractivity contribution in [3.05, 3.63) is 36.2 Å². The highest BCUT2D eigenvalue weighted by Crippen LogP contribution is 2.28. The van der Waals surface area contributed by atoms with Crippen molar-refractivity contribution in [3.8, 4) is 5.95 Å². The number of morpholine rings is 2. The van der Waals surface area contributed by atoms with Crippen LogP contribution in [0, 0.1) is 0 Å². The summed E-state index contributed by atoms with van der Waals surface area (Å²) < 4.78 is 27.0. The number of ether oxygens (including phenoxy) is 2. The number of para-hydroxylation sites is 2. The van der Waals surface area contributed by atoms with Gasteiger partial charge in [-0.1, -0.05) is 12.1 Å². The first-order valence-corrected chi connectivity index (χ1v) is 10.8. The first-order valence-electron chi connectivity index (χ1n) is 10.8. The molecule has 9 heteroatoms. The number of fused-ring (bicyclic) bond motifs is 1. The number of imidazole rings is 1. The van der Waals surface area contributed by atoms with Crippen LogP contribution in [0.5, 0.6) is 0 Å². The first kappa shape index (κ1) is 20.1. The highest BCUT2D eigenvalue weighted by atomic mass is 19.1. The molecular weight excluding hydrogens is 399 g/mol. The number of benzene rings is 1. The molecular formula is C22H27FN6O2. The van der Waals surface area contributed by atoms with Crippen molar-refractivity contribution in [1.29, 1.82) is 0 Å². The number of rotatable bonds is 4. The highest BCUT2D eigenvalue weighted by Gasteiger charge is 2.28. The van der Waals surface area contributed by atoms with E-state index in [2.05, 4.69) is 28.6 Å². The van der Waals surface area contributed by atoms with Gasteiger partial charge in [-0.25, -0.2) is 9.37 Å². The Kier molecular flexibility index (Phi) is 5.45. The molecule has 0 amide bonds. The third-order valence-corrected chi connectivity index (χ3v) is 6.15. The summed E-state index contributed by atoms with van der Waals surface area (Å²) in [5.41, 5.74) is 1.52. The fourth-order valence-electron chi connectivity index (χ4n) is 4.26. The fourth-order valence-corrected chi connectivity index (χ4v) is 4.26. The van der Waals surface area contributed by atoms with Gasteiger partial charge in [-0.3, -0.25) is 4.57 Å². The Hall–Kier alpha value is -2.78. The standard InChI is InChI=1S/C22H27FN6O2/c1-15-16(2)31-12-9-28(15)20-13-19(27-7-10-30-11-8-27)25-22(26-20)29-18-6-4-3-5-17(18)24-21(29)14-23/h3-6,13,15-16H,7-12,14H2,1-2H3/t15-,16+/m1/s1. The van der Waals surface area contributed by atoms with Crippen molar-refractivity contribution in [2.45, 2.75) is 32.7 Å². The lowest BCUT2D eigenvalue weighted by molar-refractivity contribution is 0.0281. The molecule has 0 spiro atoms. The summed E-state index contributed by atoms with van der Waals surface area (Å²) in [6.45, 7) is 7.72. The van der Waals surface area contributed by atoms with E-state index in [1.54, 1.807) is 4.57 Å².